The van der Waals surface area contributed by atoms with E-state index in [0.717, 1.165) is 51.3 Å². The highest BCUT2D eigenvalue weighted by atomic mass is 32.1. The number of rotatable bonds is 5. The van der Waals surface area contributed by atoms with Crippen LogP contribution in [0.1, 0.15) is 37.4 Å². The van der Waals surface area contributed by atoms with Crippen LogP contribution in [0.15, 0.2) is 78.0 Å². The standard InChI is InChI=1S/C29H30FN5O2S/c1-4-34(14-18(2)31)25-10-7-21(24-13-32-38-27(24)25)11-22-12-29(16-36-17-29)15-35-26(19(3)37-33-28(22)35)20-5-8-23(30)9-6-20/h4-11,13-14,19,26H,1,12,15-17,31H2,2-3H3/b18-14-,22-11+. The Kier molecular flexibility index (Phi) is 6.20. The average molecular weight is 532 g/mol. The summed E-state index contributed by atoms with van der Waals surface area (Å²) >= 11 is 1.44. The van der Waals surface area contributed by atoms with Gasteiger partial charge in [0.1, 0.15) is 11.9 Å². The third kappa shape index (κ3) is 4.25. The van der Waals surface area contributed by atoms with Crippen molar-refractivity contribution in [2.45, 2.75) is 32.4 Å². The maximum atomic E-state index is 13.7. The highest BCUT2D eigenvalue weighted by Gasteiger charge is 2.50. The first-order valence-electron chi connectivity index (χ1n) is 12.6. The predicted molar refractivity (Wildman–Crippen MR) is 150 cm³/mol. The van der Waals surface area contributed by atoms with Crippen molar-refractivity contribution >= 4 is 39.2 Å². The SMILES string of the molecule is C=CN(/C=C(/C)N)c1ccc(/C=C2\CC3(COC3)CN3C2=NOC(C)C3c2ccc(F)cc2)c2cnsc12. The van der Waals surface area contributed by atoms with Gasteiger partial charge in [-0.3, -0.25) is 0 Å². The Bertz CT molecular complexity index is 1470. The Balaban J connectivity index is 1.43. The molecule has 3 aliphatic heterocycles. The minimum Gasteiger partial charge on any atom is -0.401 e. The molecule has 9 heteroatoms. The van der Waals surface area contributed by atoms with E-state index in [4.69, 9.17) is 15.3 Å². The summed E-state index contributed by atoms with van der Waals surface area (Å²) in [4.78, 5) is 10.2. The third-order valence-corrected chi connectivity index (χ3v) is 8.25. The van der Waals surface area contributed by atoms with Crippen LogP contribution in [0, 0.1) is 11.2 Å². The van der Waals surface area contributed by atoms with Gasteiger partial charge in [0.2, 0.25) is 0 Å². The number of fused-ring (bicyclic) bond motifs is 2. The zero-order valence-corrected chi connectivity index (χ0v) is 22.2. The lowest BCUT2D eigenvalue weighted by molar-refractivity contribution is -0.136. The molecular weight excluding hydrogens is 501 g/mol. The van der Waals surface area contributed by atoms with E-state index in [9.17, 15) is 4.39 Å². The molecule has 7 nitrogen and oxygen atoms in total. The number of anilines is 1. The van der Waals surface area contributed by atoms with E-state index in [-0.39, 0.29) is 23.4 Å². The summed E-state index contributed by atoms with van der Waals surface area (Å²) in [6.45, 7) is 10.0. The Hall–Kier alpha value is -3.69. The zero-order valence-electron chi connectivity index (χ0n) is 21.4. The molecule has 2 aromatic carbocycles. The predicted octanol–water partition coefficient (Wildman–Crippen LogP) is 5.78. The number of nitrogens with two attached hydrogens (primary N) is 1. The zero-order chi connectivity index (χ0) is 26.4. The van der Waals surface area contributed by atoms with Gasteiger partial charge < -0.3 is 25.1 Å². The van der Waals surface area contributed by atoms with Crippen molar-refractivity contribution in [1.29, 1.82) is 0 Å². The quantitative estimate of drug-likeness (QED) is 0.450. The van der Waals surface area contributed by atoms with E-state index in [1.54, 1.807) is 6.20 Å². The van der Waals surface area contributed by atoms with Crippen LogP contribution in [0.4, 0.5) is 10.1 Å². The molecule has 3 aliphatic rings. The molecule has 2 saturated heterocycles. The van der Waals surface area contributed by atoms with Crippen LogP contribution in [0.25, 0.3) is 16.2 Å². The molecule has 0 amide bonds. The molecule has 38 heavy (non-hydrogen) atoms. The van der Waals surface area contributed by atoms with Gasteiger partial charge >= 0.3 is 0 Å². The highest BCUT2D eigenvalue weighted by molar-refractivity contribution is 7.14. The van der Waals surface area contributed by atoms with Gasteiger partial charge in [0, 0.05) is 41.6 Å². The second-order valence-electron chi connectivity index (χ2n) is 10.4. The normalized spacial score (nSPS) is 23.6. The Morgan fingerprint density at radius 3 is 2.74 bits per heavy atom. The number of halogens is 1. The van der Waals surface area contributed by atoms with Gasteiger partial charge in [-0.1, -0.05) is 29.9 Å². The third-order valence-electron chi connectivity index (χ3n) is 7.43. The second kappa shape index (κ2) is 9.56. The van der Waals surface area contributed by atoms with Crippen LogP contribution in [0.3, 0.4) is 0 Å². The fraction of sp³-hybridized carbons (Fsp3) is 0.310. The van der Waals surface area contributed by atoms with Crippen LogP contribution in [-0.2, 0) is 9.57 Å². The molecule has 2 unspecified atom stereocenters. The van der Waals surface area contributed by atoms with E-state index in [0.29, 0.717) is 18.9 Å². The summed E-state index contributed by atoms with van der Waals surface area (Å²) in [6, 6.07) is 10.8. The maximum Gasteiger partial charge on any atom is 0.172 e. The molecule has 2 fully saturated rings. The Labute approximate surface area is 225 Å². The number of hydrogen-bond donors (Lipinski definition) is 1. The summed E-state index contributed by atoms with van der Waals surface area (Å²) in [7, 11) is 0. The molecule has 0 bridgehead atoms. The molecule has 1 aromatic heterocycles. The topological polar surface area (TPSA) is 76.2 Å². The molecule has 196 valence electrons. The summed E-state index contributed by atoms with van der Waals surface area (Å²) in [6.07, 6.45) is 8.36. The minimum atomic E-state index is -0.251. The first-order chi connectivity index (χ1) is 18.4. The number of amidine groups is 1. The summed E-state index contributed by atoms with van der Waals surface area (Å²) < 4.78 is 25.0. The average Bonchev–Trinajstić information content (AvgIpc) is 3.38. The fourth-order valence-corrected chi connectivity index (χ4v) is 6.48. The first-order valence-corrected chi connectivity index (χ1v) is 13.4. The van der Waals surface area contributed by atoms with Gasteiger partial charge in [-0.2, -0.15) is 4.37 Å². The van der Waals surface area contributed by atoms with Crippen molar-refractivity contribution in [3.05, 3.63) is 89.8 Å². The van der Waals surface area contributed by atoms with E-state index in [1.165, 1.54) is 23.7 Å². The number of ether oxygens (including phenoxy) is 1. The molecule has 6 rings (SSSR count). The Morgan fingerprint density at radius 1 is 1.26 bits per heavy atom. The van der Waals surface area contributed by atoms with Gasteiger partial charge in [-0.25, -0.2) is 4.39 Å². The van der Waals surface area contributed by atoms with Gasteiger partial charge in [0.15, 0.2) is 5.84 Å². The van der Waals surface area contributed by atoms with E-state index < -0.39 is 0 Å². The molecule has 0 aliphatic carbocycles. The minimum absolute atomic E-state index is 0.00916. The van der Waals surface area contributed by atoms with Crippen LogP contribution < -0.4 is 10.6 Å². The van der Waals surface area contributed by atoms with E-state index >= 15 is 0 Å². The molecular formula is C29H30FN5O2S. The van der Waals surface area contributed by atoms with Crippen molar-refractivity contribution < 1.29 is 14.0 Å². The lowest BCUT2D eigenvalue weighted by Gasteiger charge is -2.53. The van der Waals surface area contributed by atoms with Crippen molar-refractivity contribution in [3.63, 3.8) is 0 Å². The van der Waals surface area contributed by atoms with Gasteiger partial charge in [0.25, 0.3) is 0 Å². The summed E-state index contributed by atoms with van der Waals surface area (Å²) in [5.41, 5.74) is 10.8. The molecule has 0 radical (unpaired) electrons. The molecule has 3 aromatic rings. The van der Waals surface area contributed by atoms with Crippen LogP contribution in [-0.4, -0.2) is 41.0 Å². The number of hydrogen-bond acceptors (Lipinski definition) is 8. The molecule has 4 heterocycles. The highest BCUT2D eigenvalue weighted by Crippen LogP contribution is 2.46. The van der Waals surface area contributed by atoms with Gasteiger partial charge in [0.05, 0.1) is 29.6 Å². The monoisotopic (exact) mass is 531 g/mol. The number of oxime groups is 1. The maximum absolute atomic E-state index is 13.7. The fourth-order valence-electron chi connectivity index (χ4n) is 5.68. The van der Waals surface area contributed by atoms with Crippen molar-refractivity contribution in [2.75, 3.05) is 24.7 Å². The number of nitrogens with zero attached hydrogens (tertiary/aromatic N) is 4. The number of allylic oxidation sites excluding steroid dienone is 1. The van der Waals surface area contributed by atoms with Crippen molar-refractivity contribution in [1.82, 2.24) is 9.27 Å². The molecule has 0 saturated carbocycles. The molecule has 2 N–H and O–H groups in total. The van der Waals surface area contributed by atoms with E-state index in [1.807, 2.05) is 43.3 Å². The second-order valence-corrected chi connectivity index (χ2v) is 11.2. The smallest absolute Gasteiger partial charge is 0.172 e. The number of benzene rings is 2. The van der Waals surface area contributed by atoms with E-state index in [2.05, 4.69) is 39.2 Å². The number of piperidine rings is 1. The van der Waals surface area contributed by atoms with Crippen LogP contribution >= 0.6 is 11.5 Å². The largest absolute Gasteiger partial charge is 0.401 e. The summed E-state index contributed by atoms with van der Waals surface area (Å²) in [5, 5.41) is 5.64. The van der Waals surface area contributed by atoms with Crippen molar-refractivity contribution in [2.24, 2.45) is 16.3 Å². The lowest BCUT2D eigenvalue weighted by Crippen LogP contribution is -2.59. The number of aromatic nitrogens is 1. The Morgan fingerprint density at radius 2 is 2.05 bits per heavy atom. The first kappa shape index (κ1) is 24.6. The van der Waals surface area contributed by atoms with Gasteiger partial charge in [-0.15, -0.1) is 0 Å². The van der Waals surface area contributed by atoms with Crippen LogP contribution in [0.2, 0.25) is 0 Å². The lowest BCUT2D eigenvalue weighted by atomic mass is 9.74. The molecule has 1 spiro atoms. The molecule has 2 atom stereocenters. The van der Waals surface area contributed by atoms with Crippen molar-refractivity contribution in [3.8, 4) is 0 Å². The van der Waals surface area contributed by atoms with Gasteiger partial charge in [-0.05, 0) is 72.8 Å². The van der Waals surface area contributed by atoms with Crippen LogP contribution in [0.5, 0.6) is 0 Å². The summed E-state index contributed by atoms with van der Waals surface area (Å²) in [5.74, 6) is 0.573.